The monoisotopic (exact) mass is 328 g/mol. The summed E-state index contributed by atoms with van der Waals surface area (Å²) >= 11 is 0. The van der Waals surface area contributed by atoms with E-state index >= 15 is 0 Å². The highest BCUT2D eigenvalue weighted by atomic mass is 32.2. The Morgan fingerprint density at radius 1 is 0.864 bits per heavy atom. The second kappa shape index (κ2) is 6.87. The van der Waals surface area contributed by atoms with Gasteiger partial charge in [-0.25, -0.2) is 8.42 Å². The molecule has 1 atom stereocenters. The summed E-state index contributed by atoms with van der Waals surface area (Å²) in [6.45, 7) is 3.60. The lowest BCUT2D eigenvalue weighted by atomic mass is 9.94. The first-order valence-electron chi connectivity index (χ1n) is 8.78. The Balaban J connectivity index is 1.54. The van der Waals surface area contributed by atoms with Crippen molar-refractivity contribution in [3.63, 3.8) is 0 Å². The van der Waals surface area contributed by atoms with Crippen LogP contribution in [0.15, 0.2) is 0 Å². The van der Waals surface area contributed by atoms with Crippen LogP contribution in [0.2, 0.25) is 0 Å². The van der Waals surface area contributed by atoms with E-state index in [1.807, 2.05) is 4.90 Å². The molecule has 22 heavy (non-hydrogen) atoms. The molecule has 0 aromatic heterocycles. The fraction of sp³-hybridized carbons (Fsp3) is 0.938. The molecule has 0 aromatic carbocycles. The van der Waals surface area contributed by atoms with E-state index in [1.54, 1.807) is 0 Å². The molecular weight excluding hydrogens is 300 g/mol. The van der Waals surface area contributed by atoms with Gasteiger partial charge in [-0.15, -0.1) is 0 Å². The minimum absolute atomic E-state index is 0.0642. The molecule has 0 spiro atoms. The van der Waals surface area contributed by atoms with Gasteiger partial charge in [0, 0.05) is 32.2 Å². The van der Waals surface area contributed by atoms with Crippen LogP contribution in [0.1, 0.15) is 44.9 Å². The van der Waals surface area contributed by atoms with Gasteiger partial charge in [0.05, 0.1) is 17.4 Å². The minimum atomic E-state index is -2.97. The molecule has 2 heterocycles. The molecule has 0 bridgehead atoms. The van der Waals surface area contributed by atoms with E-state index in [1.165, 1.54) is 32.1 Å². The molecule has 3 aliphatic rings. The molecular formula is C16H28N2O3S. The van der Waals surface area contributed by atoms with Crippen molar-refractivity contribution in [2.45, 2.75) is 51.0 Å². The molecule has 126 valence electrons. The lowest BCUT2D eigenvalue weighted by Gasteiger charge is -2.33. The van der Waals surface area contributed by atoms with Crippen LogP contribution in [-0.2, 0) is 14.6 Å². The Morgan fingerprint density at radius 3 is 2.32 bits per heavy atom. The molecule has 0 radical (unpaired) electrons. The van der Waals surface area contributed by atoms with Gasteiger partial charge in [-0.2, -0.15) is 0 Å². The van der Waals surface area contributed by atoms with Crippen molar-refractivity contribution in [2.75, 3.05) is 37.7 Å². The predicted molar refractivity (Wildman–Crippen MR) is 86.4 cm³/mol. The highest BCUT2D eigenvalue weighted by Crippen LogP contribution is 2.25. The molecule has 0 aromatic rings. The van der Waals surface area contributed by atoms with Crippen LogP contribution in [0.25, 0.3) is 0 Å². The summed E-state index contributed by atoms with van der Waals surface area (Å²) in [4.78, 5) is 17.1. The molecule has 3 fully saturated rings. The van der Waals surface area contributed by atoms with Crippen molar-refractivity contribution < 1.29 is 13.2 Å². The largest absolute Gasteiger partial charge is 0.341 e. The van der Waals surface area contributed by atoms with Crippen molar-refractivity contribution in [3.05, 3.63) is 0 Å². The van der Waals surface area contributed by atoms with Gasteiger partial charge in [-0.05, 0) is 25.7 Å². The zero-order valence-electron chi connectivity index (χ0n) is 13.4. The maximum Gasteiger partial charge on any atom is 0.226 e. The first-order valence-corrected chi connectivity index (χ1v) is 10.6. The molecule has 5 nitrogen and oxygen atoms in total. The third-order valence-electron chi connectivity index (χ3n) is 5.51. The summed E-state index contributed by atoms with van der Waals surface area (Å²) in [6.07, 6.45) is 8.17. The molecule has 1 amide bonds. The number of nitrogens with zero attached hydrogens (tertiary/aromatic N) is 2. The van der Waals surface area contributed by atoms with E-state index < -0.39 is 9.84 Å². The van der Waals surface area contributed by atoms with E-state index in [4.69, 9.17) is 0 Å². The van der Waals surface area contributed by atoms with Crippen molar-refractivity contribution in [3.8, 4) is 0 Å². The molecule has 6 heteroatoms. The number of hydrogen-bond donors (Lipinski definition) is 0. The van der Waals surface area contributed by atoms with Crippen LogP contribution in [0, 0.1) is 5.92 Å². The van der Waals surface area contributed by atoms with Gasteiger partial charge in [-0.1, -0.05) is 19.3 Å². The maximum absolute atomic E-state index is 12.6. The summed E-state index contributed by atoms with van der Waals surface area (Å²) in [5, 5.41) is 0. The standard InChI is InChI=1S/C16H28N2O3S/c19-16(14-7-12-22(20,21)13-14)18-9-4-8-17(10-11-18)15-5-2-1-3-6-15/h14-15H,1-13H2. The summed E-state index contributed by atoms with van der Waals surface area (Å²) in [5.41, 5.74) is 0. The fourth-order valence-corrected chi connectivity index (χ4v) is 5.95. The van der Waals surface area contributed by atoms with E-state index in [-0.39, 0.29) is 23.3 Å². The number of carbonyl (C=O) groups is 1. The topological polar surface area (TPSA) is 57.7 Å². The minimum Gasteiger partial charge on any atom is -0.341 e. The summed E-state index contributed by atoms with van der Waals surface area (Å²) in [7, 11) is -2.97. The van der Waals surface area contributed by atoms with Gasteiger partial charge in [0.2, 0.25) is 5.91 Å². The first kappa shape index (κ1) is 16.2. The highest BCUT2D eigenvalue weighted by Gasteiger charge is 2.36. The van der Waals surface area contributed by atoms with Gasteiger partial charge in [0.15, 0.2) is 9.84 Å². The normalized spacial score (nSPS) is 31.1. The molecule has 1 unspecified atom stereocenters. The molecule has 0 N–H and O–H groups in total. The van der Waals surface area contributed by atoms with Gasteiger partial charge in [0.25, 0.3) is 0 Å². The van der Waals surface area contributed by atoms with Crippen LogP contribution < -0.4 is 0 Å². The van der Waals surface area contributed by atoms with Crippen LogP contribution >= 0.6 is 0 Å². The molecule has 1 aliphatic carbocycles. The van der Waals surface area contributed by atoms with Crippen LogP contribution in [0.4, 0.5) is 0 Å². The SMILES string of the molecule is O=C(C1CCS(=O)(=O)C1)N1CCCN(C2CCCCC2)CC1. The number of carbonyl (C=O) groups excluding carboxylic acids is 1. The number of amides is 1. The molecule has 3 rings (SSSR count). The molecule has 2 aliphatic heterocycles. The van der Waals surface area contributed by atoms with Crippen LogP contribution in [0.3, 0.4) is 0 Å². The Morgan fingerprint density at radius 2 is 1.64 bits per heavy atom. The van der Waals surface area contributed by atoms with Crippen molar-refractivity contribution in [1.82, 2.24) is 9.80 Å². The smallest absolute Gasteiger partial charge is 0.226 e. The predicted octanol–water partition coefficient (Wildman–Crippen LogP) is 1.29. The van der Waals surface area contributed by atoms with Gasteiger partial charge in [-0.3, -0.25) is 9.69 Å². The highest BCUT2D eigenvalue weighted by molar-refractivity contribution is 7.91. The molecule has 1 saturated carbocycles. The Bertz CT molecular complexity index is 500. The maximum atomic E-state index is 12.6. The lowest BCUT2D eigenvalue weighted by Crippen LogP contribution is -2.42. The quantitative estimate of drug-likeness (QED) is 0.766. The van der Waals surface area contributed by atoms with E-state index in [9.17, 15) is 13.2 Å². The zero-order valence-corrected chi connectivity index (χ0v) is 14.2. The fourth-order valence-electron chi connectivity index (χ4n) is 4.22. The number of sulfone groups is 1. The average molecular weight is 328 g/mol. The van der Waals surface area contributed by atoms with E-state index in [0.29, 0.717) is 12.5 Å². The number of hydrogen-bond acceptors (Lipinski definition) is 4. The average Bonchev–Trinajstić information content (AvgIpc) is 2.74. The van der Waals surface area contributed by atoms with Gasteiger partial charge in [0.1, 0.15) is 0 Å². The van der Waals surface area contributed by atoms with Gasteiger partial charge >= 0.3 is 0 Å². The van der Waals surface area contributed by atoms with Gasteiger partial charge < -0.3 is 4.90 Å². The number of rotatable bonds is 2. The summed E-state index contributed by atoms with van der Waals surface area (Å²) in [6, 6.07) is 0.704. The van der Waals surface area contributed by atoms with E-state index in [2.05, 4.69) is 4.90 Å². The third kappa shape index (κ3) is 3.82. The zero-order chi connectivity index (χ0) is 15.6. The Labute approximate surface area is 134 Å². The van der Waals surface area contributed by atoms with Crippen LogP contribution in [0.5, 0.6) is 0 Å². The lowest BCUT2D eigenvalue weighted by molar-refractivity contribution is -0.134. The van der Waals surface area contributed by atoms with Crippen molar-refractivity contribution in [2.24, 2.45) is 5.92 Å². The second-order valence-electron chi connectivity index (χ2n) is 7.11. The Hall–Kier alpha value is -0.620. The van der Waals surface area contributed by atoms with Crippen LogP contribution in [-0.4, -0.2) is 67.9 Å². The third-order valence-corrected chi connectivity index (χ3v) is 7.28. The summed E-state index contributed by atoms with van der Waals surface area (Å²) < 4.78 is 23.2. The first-order chi connectivity index (χ1) is 10.6. The molecule has 2 saturated heterocycles. The Kier molecular flexibility index (Phi) is 5.07. The van der Waals surface area contributed by atoms with E-state index in [0.717, 1.165) is 32.6 Å². The second-order valence-corrected chi connectivity index (χ2v) is 9.34. The summed E-state index contributed by atoms with van der Waals surface area (Å²) in [5.74, 6) is 0.0397. The van der Waals surface area contributed by atoms with Crippen molar-refractivity contribution in [1.29, 1.82) is 0 Å². The van der Waals surface area contributed by atoms with Crippen molar-refractivity contribution >= 4 is 15.7 Å².